The minimum absolute atomic E-state index is 0.177. The fourth-order valence-corrected chi connectivity index (χ4v) is 3.35. The number of fused-ring (bicyclic) bond motifs is 1. The maximum absolute atomic E-state index is 12.5. The molecule has 0 amide bonds. The lowest BCUT2D eigenvalue weighted by molar-refractivity contribution is 0.0973. The van der Waals surface area contributed by atoms with E-state index in [9.17, 15) is 4.79 Å². The van der Waals surface area contributed by atoms with E-state index in [1.54, 1.807) is 0 Å². The molecule has 0 spiro atoms. The Morgan fingerprint density at radius 1 is 1.04 bits per heavy atom. The number of anilines is 2. The summed E-state index contributed by atoms with van der Waals surface area (Å²) in [6.07, 6.45) is 3.36. The number of carbonyl (C=O) groups is 1. The number of nitrogens with zero attached hydrogens (tertiary/aromatic N) is 2. The van der Waals surface area contributed by atoms with Crippen molar-refractivity contribution < 1.29 is 4.79 Å². The molecule has 25 heavy (non-hydrogen) atoms. The molecule has 1 N–H and O–H groups in total. The molecule has 0 unspecified atom stereocenters. The second-order valence-electron chi connectivity index (χ2n) is 6.37. The molecule has 0 saturated heterocycles. The van der Waals surface area contributed by atoms with Gasteiger partial charge in [-0.3, -0.25) is 4.79 Å². The first-order chi connectivity index (χ1) is 12.3. The van der Waals surface area contributed by atoms with E-state index in [1.165, 1.54) is 5.56 Å². The minimum atomic E-state index is 0.177. The summed E-state index contributed by atoms with van der Waals surface area (Å²) in [5, 5.41) is 8.09. The molecular weight excluding hydrogens is 310 g/mol. The van der Waals surface area contributed by atoms with E-state index >= 15 is 0 Å². The highest BCUT2D eigenvalue weighted by atomic mass is 16.1. The lowest BCUT2D eigenvalue weighted by Gasteiger charge is -2.13. The quantitative estimate of drug-likeness (QED) is 0.754. The van der Waals surface area contributed by atoms with Gasteiger partial charge in [0.25, 0.3) is 0 Å². The standard InChI is InChI=1S/C21H21N3O/c1-2-15-11-13-16(14-12-15)22-21-20-18(9-6-10-19(20)25)24(23-21)17-7-4-3-5-8-17/h3-5,7-8,11-14H,2,6,9-10H2,1H3,(H,22,23). The van der Waals surface area contributed by atoms with Crippen molar-refractivity contribution in [3.63, 3.8) is 0 Å². The third-order valence-corrected chi connectivity index (χ3v) is 4.70. The highest BCUT2D eigenvalue weighted by molar-refractivity contribution is 6.03. The molecule has 126 valence electrons. The number of rotatable bonds is 4. The Hall–Kier alpha value is -2.88. The molecule has 4 heteroatoms. The largest absolute Gasteiger partial charge is 0.338 e. The Balaban J connectivity index is 1.76. The van der Waals surface area contributed by atoms with Crippen LogP contribution in [0, 0.1) is 0 Å². The van der Waals surface area contributed by atoms with Crippen molar-refractivity contribution in [1.82, 2.24) is 9.78 Å². The molecule has 0 radical (unpaired) electrons. The number of Topliss-reactive ketones (excluding diaryl/α,β-unsaturated/α-hetero) is 1. The number of aromatic nitrogens is 2. The van der Waals surface area contributed by atoms with E-state index < -0.39 is 0 Å². The number of benzene rings is 2. The Morgan fingerprint density at radius 2 is 1.80 bits per heavy atom. The Labute approximate surface area is 147 Å². The van der Waals surface area contributed by atoms with Gasteiger partial charge in [0.05, 0.1) is 16.9 Å². The molecule has 1 aromatic heterocycles. The predicted octanol–water partition coefficient (Wildman–Crippen LogP) is 4.70. The van der Waals surface area contributed by atoms with Gasteiger partial charge in [0.2, 0.25) is 0 Å². The van der Waals surface area contributed by atoms with E-state index in [0.717, 1.165) is 41.9 Å². The first-order valence-electron chi connectivity index (χ1n) is 8.82. The van der Waals surface area contributed by atoms with Crippen LogP contribution in [0.2, 0.25) is 0 Å². The number of nitrogens with one attached hydrogen (secondary N) is 1. The van der Waals surface area contributed by atoms with E-state index in [-0.39, 0.29) is 5.78 Å². The first kappa shape index (κ1) is 15.6. The zero-order valence-corrected chi connectivity index (χ0v) is 14.3. The summed E-state index contributed by atoms with van der Waals surface area (Å²) in [7, 11) is 0. The molecular formula is C21H21N3O. The van der Waals surface area contributed by atoms with Gasteiger partial charge in [-0.2, -0.15) is 0 Å². The van der Waals surface area contributed by atoms with Crippen LogP contribution >= 0.6 is 0 Å². The average molecular weight is 331 g/mol. The predicted molar refractivity (Wildman–Crippen MR) is 99.9 cm³/mol. The maximum atomic E-state index is 12.5. The van der Waals surface area contributed by atoms with Crippen molar-refractivity contribution in [2.45, 2.75) is 32.6 Å². The van der Waals surface area contributed by atoms with E-state index in [4.69, 9.17) is 5.10 Å². The van der Waals surface area contributed by atoms with Crippen LogP contribution in [0.3, 0.4) is 0 Å². The summed E-state index contributed by atoms with van der Waals surface area (Å²) in [4.78, 5) is 12.5. The second-order valence-corrected chi connectivity index (χ2v) is 6.37. The summed E-state index contributed by atoms with van der Waals surface area (Å²) in [6, 6.07) is 18.3. The van der Waals surface area contributed by atoms with Crippen molar-refractivity contribution in [2.24, 2.45) is 0 Å². The molecule has 2 aromatic carbocycles. The van der Waals surface area contributed by atoms with Crippen LogP contribution in [-0.2, 0) is 12.8 Å². The fourth-order valence-electron chi connectivity index (χ4n) is 3.35. The van der Waals surface area contributed by atoms with Gasteiger partial charge in [0.15, 0.2) is 11.6 Å². The van der Waals surface area contributed by atoms with E-state index in [0.29, 0.717) is 12.2 Å². The Bertz CT molecular complexity index is 895. The number of aryl methyl sites for hydroxylation is 1. The van der Waals surface area contributed by atoms with Gasteiger partial charge < -0.3 is 5.32 Å². The second kappa shape index (κ2) is 6.55. The molecule has 0 aliphatic heterocycles. The van der Waals surface area contributed by atoms with Crippen molar-refractivity contribution >= 4 is 17.3 Å². The molecule has 4 rings (SSSR count). The van der Waals surface area contributed by atoms with Crippen LogP contribution in [0.25, 0.3) is 5.69 Å². The van der Waals surface area contributed by atoms with Crippen LogP contribution < -0.4 is 5.32 Å². The molecule has 0 saturated carbocycles. The van der Waals surface area contributed by atoms with Gasteiger partial charge in [-0.15, -0.1) is 5.10 Å². The summed E-state index contributed by atoms with van der Waals surface area (Å²) in [6.45, 7) is 2.14. The molecule has 0 atom stereocenters. The lowest BCUT2D eigenvalue weighted by Crippen LogP contribution is -2.13. The highest BCUT2D eigenvalue weighted by Crippen LogP contribution is 2.31. The number of para-hydroxylation sites is 1. The minimum Gasteiger partial charge on any atom is -0.338 e. The molecule has 4 nitrogen and oxygen atoms in total. The van der Waals surface area contributed by atoms with Crippen molar-refractivity contribution in [2.75, 3.05) is 5.32 Å². The molecule has 1 aliphatic carbocycles. The molecule has 1 heterocycles. The van der Waals surface area contributed by atoms with Crippen molar-refractivity contribution in [3.8, 4) is 5.69 Å². The number of ketones is 1. The number of hydrogen-bond donors (Lipinski definition) is 1. The van der Waals surface area contributed by atoms with Crippen LogP contribution in [0.1, 0.15) is 41.4 Å². The van der Waals surface area contributed by atoms with Crippen LogP contribution in [0.5, 0.6) is 0 Å². The van der Waals surface area contributed by atoms with Gasteiger partial charge >= 0.3 is 0 Å². The Kier molecular flexibility index (Phi) is 4.10. The molecule has 1 aliphatic rings. The maximum Gasteiger partial charge on any atom is 0.168 e. The van der Waals surface area contributed by atoms with Crippen LogP contribution in [0.15, 0.2) is 54.6 Å². The van der Waals surface area contributed by atoms with Crippen molar-refractivity contribution in [1.29, 1.82) is 0 Å². The Morgan fingerprint density at radius 3 is 2.52 bits per heavy atom. The van der Waals surface area contributed by atoms with Gasteiger partial charge in [-0.25, -0.2) is 4.68 Å². The van der Waals surface area contributed by atoms with Gasteiger partial charge in [-0.1, -0.05) is 37.3 Å². The van der Waals surface area contributed by atoms with E-state index in [1.807, 2.05) is 47.1 Å². The van der Waals surface area contributed by atoms with Gasteiger partial charge in [0, 0.05) is 12.1 Å². The van der Waals surface area contributed by atoms with Crippen LogP contribution in [0.4, 0.5) is 11.5 Å². The summed E-state index contributed by atoms with van der Waals surface area (Å²) < 4.78 is 1.91. The topological polar surface area (TPSA) is 46.9 Å². The monoisotopic (exact) mass is 331 g/mol. The lowest BCUT2D eigenvalue weighted by atomic mass is 9.95. The highest BCUT2D eigenvalue weighted by Gasteiger charge is 2.27. The zero-order valence-electron chi connectivity index (χ0n) is 14.3. The van der Waals surface area contributed by atoms with Gasteiger partial charge in [0.1, 0.15) is 0 Å². The first-order valence-corrected chi connectivity index (χ1v) is 8.82. The SMILES string of the molecule is CCc1ccc(Nc2nn(-c3ccccc3)c3c2C(=O)CCC3)cc1. The van der Waals surface area contributed by atoms with E-state index in [2.05, 4.69) is 24.4 Å². The zero-order chi connectivity index (χ0) is 17.2. The fraction of sp³-hybridized carbons (Fsp3) is 0.238. The third kappa shape index (κ3) is 2.95. The summed E-state index contributed by atoms with van der Waals surface area (Å²) in [5.41, 5.74) is 4.99. The summed E-state index contributed by atoms with van der Waals surface area (Å²) >= 11 is 0. The smallest absolute Gasteiger partial charge is 0.168 e. The average Bonchev–Trinajstić information content (AvgIpc) is 3.03. The van der Waals surface area contributed by atoms with Gasteiger partial charge in [-0.05, 0) is 49.1 Å². The van der Waals surface area contributed by atoms with Crippen LogP contribution in [-0.4, -0.2) is 15.6 Å². The number of hydrogen-bond acceptors (Lipinski definition) is 3. The molecule has 0 fully saturated rings. The normalized spacial score (nSPS) is 13.6. The molecule has 3 aromatic rings. The summed E-state index contributed by atoms with van der Waals surface area (Å²) in [5.74, 6) is 0.837. The van der Waals surface area contributed by atoms with Crippen molar-refractivity contribution in [3.05, 3.63) is 71.4 Å². The number of carbonyl (C=O) groups excluding carboxylic acids is 1. The third-order valence-electron chi connectivity index (χ3n) is 4.70. The molecule has 0 bridgehead atoms.